The Morgan fingerprint density at radius 3 is 2.46 bits per heavy atom. The van der Waals surface area contributed by atoms with Crippen molar-refractivity contribution >= 4 is 11.7 Å². The van der Waals surface area contributed by atoms with Gasteiger partial charge in [-0.05, 0) is 36.8 Å². The Labute approximate surface area is 150 Å². The number of anilines is 1. The predicted molar refractivity (Wildman–Crippen MR) is 93.2 cm³/mol. The topological polar surface area (TPSA) is 68.8 Å². The molecule has 0 aliphatic carbocycles. The molecular formula is C18H20F2N2O4. The van der Waals surface area contributed by atoms with E-state index < -0.39 is 12.6 Å². The summed E-state index contributed by atoms with van der Waals surface area (Å²) in [6, 6.07) is 9.35. The number of hydrogen-bond donors (Lipinski definition) is 2. The highest BCUT2D eigenvalue weighted by Gasteiger charge is 2.12. The molecule has 0 atom stereocenters. The van der Waals surface area contributed by atoms with E-state index in [2.05, 4.69) is 15.4 Å². The number of hydrogen-bond acceptors (Lipinski definition) is 4. The molecule has 0 fully saturated rings. The van der Waals surface area contributed by atoms with E-state index in [1.165, 1.54) is 26.4 Å². The van der Waals surface area contributed by atoms with Crippen molar-refractivity contribution in [3.63, 3.8) is 0 Å². The molecule has 6 nitrogen and oxygen atoms in total. The summed E-state index contributed by atoms with van der Waals surface area (Å²) in [4.78, 5) is 12.1. The third kappa shape index (κ3) is 4.98. The van der Waals surface area contributed by atoms with Crippen LogP contribution in [0.15, 0.2) is 36.4 Å². The molecule has 2 aromatic carbocycles. The van der Waals surface area contributed by atoms with Crippen molar-refractivity contribution in [1.82, 2.24) is 5.32 Å². The molecule has 0 spiro atoms. The summed E-state index contributed by atoms with van der Waals surface area (Å²) < 4.78 is 39.5. The van der Waals surface area contributed by atoms with Crippen molar-refractivity contribution < 1.29 is 27.8 Å². The lowest BCUT2D eigenvalue weighted by molar-refractivity contribution is -0.0502. The molecular weight excluding hydrogens is 346 g/mol. The maximum atomic E-state index is 12.4. The molecule has 8 heteroatoms. The monoisotopic (exact) mass is 366 g/mol. The smallest absolute Gasteiger partial charge is 0.387 e. The SMILES string of the molecule is COc1ccc(CNC(=O)Nc2cccc(OC(F)F)c2C)cc1OC. The third-order valence-corrected chi connectivity index (χ3v) is 3.65. The summed E-state index contributed by atoms with van der Waals surface area (Å²) in [5, 5.41) is 5.30. The molecule has 0 aliphatic heterocycles. The summed E-state index contributed by atoms with van der Waals surface area (Å²) in [7, 11) is 3.07. The van der Waals surface area contributed by atoms with Gasteiger partial charge in [-0.1, -0.05) is 12.1 Å². The molecule has 140 valence electrons. The number of urea groups is 1. The van der Waals surface area contributed by atoms with E-state index in [4.69, 9.17) is 9.47 Å². The number of rotatable bonds is 7. The second-order valence-electron chi connectivity index (χ2n) is 5.30. The molecule has 2 N–H and O–H groups in total. The highest BCUT2D eigenvalue weighted by Crippen LogP contribution is 2.28. The molecule has 0 saturated carbocycles. The number of carbonyl (C=O) groups is 1. The molecule has 0 saturated heterocycles. The van der Waals surface area contributed by atoms with Crippen molar-refractivity contribution in [3.8, 4) is 17.2 Å². The van der Waals surface area contributed by atoms with E-state index in [1.807, 2.05) is 0 Å². The minimum Gasteiger partial charge on any atom is -0.493 e. The number of methoxy groups -OCH3 is 2. The van der Waals surface area contributed by atoms with Crippen LogP contribution in [0.5, 0.6) is 17.2 Å². The quantitative estimate of drug-likeness (QED) is 0.779. The van der Waals surface area contributed by atoms with Gasteiger partial charge in [-0.25, -0.2) is 4.79 Å². The van der Waals surface area contributed by atoms with Crippen LogP contribution in [0, 0.1) is 6.92 Å². The molecule has 0 bridgehead atoms. The number of amides is 2. The van der Waals surface area contributed by atoms with E-state index in [-0.39, 0.29) is 12.3 Å². The standard InChI is InChI=1S/C18H20F2N2O4/c1-11-13(5-4-6-14(11)26-17(19)20)22-18(23)21-10-12-7-8-15(24-2)16(9-12)25-3/h4-9,17H,10H2,1-3H3,(H2,21,22,23). The van der Waals surface area contributed by atoms with Gasteiger partial charge in [0.05, 0.1) is 14.2 Å². The Hall–Kier alpha value is -3.03. The van der Waals surface area contributed by atoms with Crippen LogP contribution in [0.2, 0.25) is 0 Å². The zero-order valence-electron chi connectivity index (χ0n) is 14.6. The summed E-state index contributed by atoms with van der Waals surface area (Å²) in [6.45, 7) is -1.09. The van der Waals surface area contributed by atoms with E-state index in [0.717, 1.165) is 5.56 Å². The first kappa shape index (κ1) is 19.3. The largest absolute Gasteiger partial charge is 0.493 e. The minimum atomic E-state index is -2.93. The summed E-state index contributed by atoms with van der Waals surface area (Å²) in [6.07, 6.45) is 0. The van der Waals surface area contributed by atoms with Crippen molar-refractivity contribution in [2.24, 2.45) is 0 Å². The Balaban J connectivity index is 1.99. The molecule has 0 aliphatic rings. The molecule has 2 amide bonds. The maximum absolute atomic E-state index is 12.4. The van der Waals surface area contributed by atoms with Gasteiger partial charge in [0.1, 0.15) is 5.75 Å². The zero-order valence-corrected chi connectivity index (χ0v) is 14.6. The Morgan fingerprint density at radius 1 is 1.08 bits per heavy atom. The van der Waals surface area contributed by atoms with Crippen LogP contribution in [0.25, 0.3) is 0 Å². The van der Waals surface area contributed by atoms with Crippen molar-refractivity contribution in [2.75, 3.05) is 19.5 Å². The van der Waals surface area contributed by atoms with Crippen LogP contribution in [-0.2, 0) is 6.54 Å². The summed E-state index contributed by atoms with van der Waals surface area (Å²) in [5.41, 5.74) is 1.60. The van der Waals surface area contributed by atoms with Crippen LogP contribution in [0.1, 0.15) is 11.1 Å². The van der Waals surface area contributed by atoms with Gasteiger partial charge >= 0.3 is 12.6 Å². The van der Waals surface area contributed by atoms with Gasteiger partial charge in [0.15, 0.2) is 11.5 Å². The lowest BCUT2D eigenvalue weighted by atomic mass is 10.2. The molecule has 26 heavy (non-hydrogen) atoms. The van der Waals surface area contributed by atoms with Gasteiger partial charge in [0, 0.05) is 17.8 Å². The normalized spacial score (nSPS) is 10.4. The molecule has 0 heterocycles. The van der Waals surface area contributed by atoms with Crippen molar-refractivity contribution in [3.05, 3.63) is 47.5 Å². The average Bonchev–Trinajstić information content (AvgIpc) is 2.62. The molecule has 0 radical (unpaired) electrons. The maximum Gasteiger partial charge on any atom is 0.387 e. The van der Waals surface area contributed by atoms with Gasteiger partial charge in [0.25, 0.3) is 0 Å². The van der Waals surface area contributed by atoms with Crippen LogP contribution in [0.3, 0.4) is 0 Å². The summed E-state index contributed by atoms with van der Waals surface area (Å²) in [5.74, 6) is 1.16. The van der Waals surface area contributed by atoms with Crippen molar-refractivity contribution in [1.29, 1.82) is 0 Å². The third-order valence-electron chi connectivity index (χ3n) is 3.65. The Bertz CT molecular complexity index is 769. The molecule has 0 unspecified atom stereocenters. The number of halogens is 2. The zero-order chi connectivity index (χ0) is 19.1. The van der Waals surface area contributed by atoms with Crippen LogP contribution >= 0.6 is 0 Å². The fourth-order valence-corrected chi connectivity index (χ4v) is 2.31. The number of ether oxygens (including phenoxy) is 3. The van der Waals surface area contributed by atoms with Gasteiger partial charge in [-0.15, -0.1) is 0 Å². The number of alkyl halides is 2. The fraction of sp³-hybridized carbons (Fsp3) is 0.278. The van der Waals surface area contributed by atoms with Gasteiger partial charge in [0.2, 0.25) is 0 Å². The molecule has 2 aromatic rings. The number of carbonyl (C=O) groups excluding carboxylic acids is 1. The molecule has 2 rings (SSSR count). The number of nitrogens with one attached hydrogen (secondary N) is 2. The fourth-order valence-electron chi connectivity index (χ4n) is 2.31. The van der Waals surface area contributed by atoms with Crippen LogP contribution in [-0.4, -0.2) is 26.9 Å². The lowest BCUT2D eigenvalue weighted by Crippen LogP contribution is -2.28. The first-order valence-electron chi connectivity index (χ1n) is 7.74. The van der Waals surface area contributed by atoms with Gasteiger partial charge in [-0.2, -0.15) is 8.78 Å². The minimum absolute atomic E-state index is 0.0118. The van der Waals surface area contributed by atoms with E-state index in [1.54, 1.807) is 31.2 Å². The Kier molecular flexibility index (Phi) is 6.60. The molecule has 0 aromatic heterocycles. The second-order valence-corrected chi connectivity index (χ2v) is 5.30. The Morgan fingerprint density at radius 2 is 1.81 bits per heavy atom. The van der Waals surface area contributed by atoms with Crippen molar-refractivity contribution in [2.45, 2.75) is 20.1 Å². The van der Waals surface area contributed by atoms with Gasteiger partial charge < -0.3 is 24.8 Å². The summed E-state index contributed by atoms with van der Waals surface area (Å²) >= 11 is 0. The number of benzene rings is 2. The highest BCUT2D eigenvalue weighted by molar-refractivity contribution is 5.90. The predicted octanol–water partition coefficient (Wildman–Crippen LogP) is 3.94. The van der Waals surface area contributed by atoms with Crippen LogP contribution < -0.4 is 24.8 Å². The van der Waals surface area contributed by atoms with Crippen LogP contribution in [0.4, 0.5) is 19.3 Å². The first-order chi connectivity index (χ1) is 12.4. The van der Waals surface area contributed by atoms with Gasteiger partial charge in [-0.3, -0.25) is 0 Å². The van der Waals surface area contributed by atoms with E-state index in [9.17, 15) is 13.6 Å². The lowest BCUT2D eigenvalue weighted by Gasteiger charge is -2.14. The van der Waals surface area contributed by atoms with E-state index in [0.29, 0.717) is 22.7 Å². The van der Waals surface area contributed by atoms with E-state index >= 15 is 0 Å². The highest BCUT2D eigenvalue weighted by atomic mass is 19.3. The average molecular weight is 366 g/mol. The first-order valence-corrected chi connectivity index (χ1v) is 7.74. The second kappa shape index (κ2) is 8.89.